The first-order valence-corrected chi connectivity index (χ1v) is 61.9. The Kier molecular flexibility index (Phi) is 32.2. The van der Waals surface area contributed by atoms with Gasteiger partial charge in [-0.1, -0.05) is 365 Å². The zero-order chi connectivity index (χ0) is 111. The van der Waals surface area contributed by atoms with Gasteiger partial charge in [0.25, 0.3) is 0 Å². The Bertz CT molecular complexity index is 8880. The Morgan fingerprint density at radius 3 is 1.40 bits per heavy atom. The maximum atomic E-state index is 8.53. The van der Waals surface area contributed by atoms with E-state index in [4.69, 9.17) is 28.7 Å². The van der Waals surface area contributed by atoms with Crippen molar-refractivity contribution in [3.8, 4) is 107 Å². The molecule has 1 fully saturated rings. The van der Waals surface area contributed by atoms with Crippen molar-refractivity contribution in [3.05, 3.63) is 454 Å². The Labute approximate surface area is 949 Å². The summed E-state index contributed by atoms with van der Waals surface area (Å²) in [6.45, 7) is 35.7. The van der Waals surface area contributed by atoms with E-state index in [1.807, 2.05) is 231 Å². The Hall–Kier alpha value is -13.0. The minimum Gasteiger partial charge on any atom is -0.351 e. The molecule has 1 atom stereocenters. The number of benzene rings is 13. The van der Waals surface area contributed by atoms with Gasteiger partial charge in [-0.2, -0.15) is 0 Å². The van der Waals surface area contributed by atoms with Gasteiger partial charge in [0.05, 0.1) is 33.8 Å². The fraction of sp³-hybridized carbons (Fsp3) is 0.193. The maximum absolute atomic E-state index is 8.53. The second-order valence-corrected chi connectivity index (χ2v) is 59.1. The molecular formula is C135H128Ir3N8SSi3-6. The van der Waals surface area contributed by atoms with Crippen LogP contribution in [0.25, 0.3) is 170 Å². The van der Waals surface area contributed by atoms with Crippen molar-refractivity contribution in [2.45, 2.75) is 158 Å². The number of fused-ring (bicyclic) bond motifs is 9. The van der Waals surface area contributed by atoms with Crippen LogP contribution >= 0.6 is 11.3 Å². The monoisotopic (exact) mass is 2570 g/mol. The fourth-order valence-corrected chi connectivity index (χ4v) is 25.0. The van der Waals surface area contributed by atoms with E-state index >= 15 is 0 Å². The molecule has 1 saturated carbocycles. The summed E-state index contributed by atoms with van der Waals surface area (Å²) < 4.78 is 83.7. The van der Waals surface area contributed by atoms with Gasteiger partial charge in [0, 0.05) is 119 Å². The van der Waals surface area contributed by atoms with Gasteiger partial charge in [0.2, 0.25) is 0 Å². The Morgan fingerprint density at radius 1 is 0.393 bits per heavy atom. The summed E-state index contributed by atoms with van der Waals surface area (Å²) >= 11 is 1.49. The normalized spacial score (nSPS) is 13.3. The molecule has 0 saturated heterocycles. The van der Waals surface area contributed by atoms with Gasteiger partial charge in [0.15, 0.2) is 0 Å². The molecule has 0 amide bonds. The van der Waals surface area contributed by atoms with Crippen molar-refractivity contribution < 1.29 is 74.0 Å². The topological polar surface area (TPSA) is 95.2 Å². The van der Waals surface area contributed by atoms with Crippen molar-refractivity contribution >= 4 is 115 Å². The van der Waals surface area contributed by atoms with E-state index in [2.05, 4.69) is 273 Å². The van der Waals surface area contributed by atoms with Gasteiger partial charge in [-0.25, -0.2) is 4.98 Å². The maximum Gasteiger partial charge on any atom is 0.113 e. The summed E-state index contributed by atoms with van der Waals surface area (Å²) in [6, 6.07) is 123. The average Bonchev–Trinajstić information content (AvgIpc) is 1.15. The Morgan fingerprint density at radius 2 is 0.867 bits per heavy atom. The molecule has 3 radical (unpaired) electrons. The minimum absolute atomic E-state index is 0. The van der Waals surface area contributed by atoms with E-state index in [1.165, 1.54) is 58.5 Å². The number of pyridine rings is 7. The molecule has 150 heavy (non-hydrogen) atoms. The van der Waals surface area contributed by atoms with E-state index in [1.54, 1.807) is 27.6 Å². The number of nitrogens with zero attached hydrogens (tertiary/aromatic N) is 8. The third-order valence-corrected chi connectivity index (χ3v) is 34.2. The van der Waals surface area contributed by atoms with Crippen LogP contribution in [-0.2, 0) is 66.7 Å². The molecular weight excluding hydrogens is 2430 g/mol. The van der Waals surface area contributed by atoms with E-state index in [0.29, 0.717) is 16.3 Å². The van der Waals surface area contributed by atoms with Gasteiger partial charge in [-0.3, -0.25) is 0 Å². The number of para-hydroxylation sites is 2. The Balaban J connectivity index is 0.000000143. The second kappa shape index (κ2) is 49.4. The molecule has 13 aromatic carbocycles. The van der Waals surface area contributed by atoms with Crippen LogP contribution in [0.4, 0.5) is 0 Å². The third-order valence-electron chi connectivity index (χ3n) is 27.0. The molecule has 0 spiro atoms. The molecule has 759 valence electrons. The third kappa shape index (κ3) is 27.0. The van der Waals surface area contributed by atoms with Crippen molar-refractivity contribution in [1.29, 1.82) is 0 Å². The molecule has 1 unspecified atom stereocenters. The van der Waals surface area contributed by atoms with E-state index in [9.17, 15) is 0 Å². The standard InChI is InChI=1S/C29H19N2.C25H16N.C23H15N2S.C20H28NSi.C19H24NSi.C19H26NSi.3Ir/c1-3-9-21(10-4-1)22-17-18-30-27(20-22)23-15-16-29-26(19-23)25-13-7-8-14-28(25)31(29)24-11-5-2-6-12-24;1-2-6-18(7-3-1)21-14-15-26-25(17-21)22-13-12-20-11-10-19-8-4-5-9-23(19)24(20)16-22;1-15-10-11-19-22-18(8-5-9-21(22)26-23(19)25-15)20-14-17(12-13-24-20)16-6-3-2-4-7-16;1-15(20(2,3)4)17-13-18(16-11-9-8-10-12-16)21-14-19(17)22(5,6)7;1-21(2,3)19-14-20-18(16-11-5-4-6-12-16)13-17(19)15-9-7-8-10-15;1-19(2,3)13-16-12-17(15-10-8-7-9-11-15)20-14-18(16)21(4,5)6;;;/h1-14,16-20H;1-12,14-17H;2-7,9-14H,1H3;8-11,13-15H,1-7H3;4-6,11,13-15H,7-10H2,1-3H3;7-10,12,14H,13H2,1-6H3;;;/q6*-1;;;/i2D,5D,6D,11D,12D;10D,11D;1D3;;;;;;. The van der Waals surface area contributed by atoms with Gasteiger partial charge in [-0.15, -0.1) is 190 Å². The molecule has 22 aromatic rings. The molecule has 1 aliphatic carbocycles. The fourth-order valence-electron chi connectivity index (χ4n) is 19.2. The van der Waals surface area contributed by atoms with E-state index < -0.39 is 37.1 Å². The van der Waals surface area contributed by atoms with Crippen LogP contribution < -0.4 is 15.6 Å². The summed E-state index contributed by atoms with van der Waals surface area (Å²) in [4.78, 5) is 33.0. The van der Waals surface area contributed by atoms with Crippen molar-refractivity contribution in [1.82, 2.24) is 39.5 Å². The van der Waals surface area contributed by atoms with Crippen LogP contribution in [-0.4, -0.2) is 63.7 Å². The summed E-state index contributed by atoms with van der Waals surface area (Å²) in [5, 5.41) is 11.7. The minimum atomic E-state index is -2.22. The van der Waals surface area contributed by atoms with Crippen LogP contribution in [0.2, 0.25) is 58.9 Å². The number of aryl methyl sites for hydroxylation is 1. The molecule has 1 aliphatic rings. The number of hydrogen-bond donors (Lipinski definition) is 0. The number of hydrogen-bond acceptors (Lipinski definition) is 8. The molecule has 23 rings (SSSR count). The summed E-state index contributed by atoms with van der Waals surface area (Å²) in [5.41, 5.74) is 24.8. The number of rotatable bonds is 16. The van der Waals surface area contributed by atoms with Gasteiger partial charge >= 0.3 is 0 Å². The first-order valence-electron chi connectivity index (χ1n) is 55.6. The van der Waals surface area contributed by atoms with Crippen LogP contribution in [0.5, 0.6) is 0 Å². The predicted molar refractivity (Wildman–Crippen MR) is 633 cm³/mol. The van der Waals surface area contributed by atoms with Crippen molar-refractivity contribution in [2.75, 3.05) is 0 Å². The summed E-state index contributed by atoms with van der Waals surface area (Å²) in [5.74, 6) is 1.25. The van der Waals surface area contributed by atoms with Crippen LogP contribution in [0.3, 0.4) is 0 Å². The zero-order valence-corrected chi connectivity index (χ0v) is 98.7. The number of thiophene rings is 1. The van der Waals surface area contributed by atoms with Gasteiger partial charge < -0.3 is 34.5 Å². The zero-order valence-electron chi connectivity index (χ0n) is 97.7. The van der Waals surface area contributed by atoms with E-state index in [-0.39, 0.29) is 119 Å². The molecule has 15 heteroatoms. The first-order chi connectivity index (χ1) is 75.0. The number of aromatic nitrogens is 8. The summed E-state index contributed by atoms with van der Waals surface area (Å²) in [6.07, 6.45) is 18.4. The molecule has 0 aliphatic heterocycles. The molecule has 0 bridgehead atoms. The van der Waals surface area contributed by atoms with Gasteiger partial charge in [-0.05, 0) is 206 Å². The molecule has 9 heterocycles. The molecule has 8 nitrogen and oxygen atoms in total. The quantitative estimate of drug-likeness (QED) is 0.0540. The SMILES string of the molecule is CC(C)(C)Cc1cc(-c2[c-]cccc2)ncc1[Si](C)(C)C.CC(c1cc(-c2[c-]cccc2)ncc1[Si](C)(C)C)C(C)(C)C.C[Si](C)(C)c1cnc(-c2[c-]cccc2)cc1C1CCCC1.[2H]C([2H])([2H])c1ccc2c(n1)sc1cc[c-]c(-c3cc(-c4ccccc4)ccn3)c12.[2H]c1c([2H])c([2H])c(-n2c3c[c-]c(-c4cc(-c5ccccc5)ccn4)cc3c3ccccc32)c([2H])c1[2H].[2H]c1c([2H])c2c[c-]c(-c3cc(-c4ccccc4)ccn3)cc2c2ccccc12.[Ir].[Ir].[Ir]. The van der Waals surface area contributed by atoms with Crippen LogP contribution in [0, 0.1) is 54.1 Å². The second-order valence-electron chi connectivity index (χ2n) is 43.0. The first kappa shape index (κ1) is 97.8. The average molecular weight is 2570 g/mol. The van der Waals surface area contributed by atoms with Crippen molar-refractivity contribution in [2.24, 2.45) is 10.8 Å². The molecule has 0 N–H and O–H groups in total. The van der Waals surface area contributed by atoms with Crippen molar-refractivity contribution in [3.63, 3.8) is 0 Å². The molecule has 9 aromatic heterocycles. The van der Waals surface area contributed by atoms with Crippen LogP contribution in [0.15, 0.2) is 395 Å². The van der Waals surface area contributed by atoms with Crippen LogP contribution in [0.1, 0.15) is 122 Å². The predicted octanol–water partition coefficient (Wildman–Crippen LogP) is 34.8. The summed E-state index contributed by atoms with van der Waals surface area (Å²) in [7, 11) is -4.13. The largest absolute Gasteiger partial charge is 0.351 e. The van der Waals surface area contributed by atoms with E-state index in [0.717, 1.165) is 167 Å². The smallest absolute Gasteiger partial charge is 0.113 e. The van der Waals surface area contributed by atoms with Gasteiger partial charge in [0.1, 0.15) is 4.83 Å².